The van der Waals surface area contributed by atoms with E-state index in [9.17, 15) is 27.2 Å². The molecule has 0 radical (unpaired) electrons. The van der Waals surface area contributed by atoms with Gasteiger partial charge in [-0.3, -0.25) is 9.59 Å². The lowest BCUT2D eigenvalue weighted by Gasteiger charge is -2.26. The van der Waals surface area contributed by atoms with E-state index in [2.05, 4.69) is 10.3 Å². The van der Waals surface area contributed by atoms with Gasteiger partial charge in [-0.25, -0.2) is 9.37 Å². The van der Waals surface area contributed by atoms with Crippen LogP contribution in [0.2, 0.25) is 0 Å². The summed E-state index contributed by atoms with van der Waals surface area (Å²) < 4.78 is 57.4. The number of carbonyl (C=O) groups excluding carboxylic acids is 2. The molecule has 0 bridgehead atoms. The van der Waals surface area contributed by atoms with Crippen LogP contribution in [0.1, 0.15) is 42.6 Å². The molecule has 1 aromatic heterocycles. The van der Waals surface area contributed by atoms with Crippen molar-refractivity contribution >= 4 is 17.5 Å². The lowest BCUT2D eigenvalue weighted by Crippen LogP contribution is -2.45. The molecule has 0 aromatic carbocycles. The van der Waals surface area contributed by atoms with Crippen LogP contribution in [-0.4, -0.2) is 55.4 Å². The Hall–Kier alpha value is -2.59. The topological polar surface area (TPSA) is 97.5 Å². The Morgan fingerprint density at radius 2 is 1.90 bits per heavy atom. The summed E-state index contributed by atoms with van der Waals surface area (Å²) in [6.07, 6.45) is -0.317. The molecule has 2 amide bonds. The van der Waals surface area contributed by atoms with E-state index in [0.717, 1.165) is 30.6 Å². The Morgan fingerprint density at radius 1 is 1.23 bits per heavy atom. The first-order chi connectivity index (χ1) is 14.7. The monoisotopic (exact) mass is 446 g/mol. The van der Waals surface area contributed by atoms with E-state index in [4.69, 9.17) is 10.5 Å². The number of alkyl halides is 4. The number of pyridine rings is 1. The Bertz CT molecular complexity index is 797. The molecule has 1 atom stereocenters. The predicted molar refractivity (Wildman–Crippen MR) is 104 cm³/mol. The van der Waals surface area contributed by atoms with E-state index in [0.29, 0.717) is 12.3 Å². The maximum atomic E-state index is 13.0. The van der Waals surface area contributed by atoms with Crippen molar-refractivity contribution in [1.29, 1.82) is 0 Å². The average molecular weight is 446 g/mol. The number of primary amides is 1. The molecule has 31 heavy (non-hydrogen) atoms. The van der Waals surface area contributed by atoms with Crippen LogP contribution in [0.3, 0.4) is 0 Å². The maximum absolute atomic E-state index is 13.0. The fourth-order valence-electron chi connectivity index (χ4n) is 3.16. The van der Waals surface area contributed by atoms with Crippen LogP contribution in [-0.2, 0) is 4.79 Å². The second-order valence-corrected chi connectivity index (χ2v) is 8.11. The highest BCUT2D eigenvalue weighted by Gasteiger charge is 2.33. The number of hydrogen-bond acceptors (Lipinski definition) is 5. The van der Waals surface area contributed by atoms with Crippen molar-refractivity contribution in [2.24, 2.45) is 17.6 Å². The SMILES string of the molecule is NC(=O)[C@H](CC1CC1)NC(=O)c1ccc(N(CCF)CC(F)(F)F)c(OCC2CC2)n1. The summed E-state index contributed by atoms with van der Waals surface area (Å²) in [4.78, 5) is 29.1. The molecule has 7 nitrogen and oxygen atoms in total. The number of hydrogen-bond donors (Lipinski definition) is 2. The fraction of sp³-hybridized carbons (Fsp3) is 0.650. The number of halogens is 4. The van der Waals surface area contributed by atoms with Crippen LogP contribution < -0.4 is 20.7 Å². The van der Waals surface area contributed by atoms with E-state index in [1.807, 2.05) is 0 Å². The predicted octanol–water partition coefficient (Wildman–Crippen LogP) is 2.59. The van der Waals surface area contributed by atoms with E-state index >= 15 is 0 Å². The van der Waals surface area contributed by atoms with E-state index in [-0.39, 0.29) is 29.8 Å². The Morgan fingerprint density at radius 3 is 2.45 bits per heavy atom. The van der Waals surface area contributed by atoms with Crippen molar-refractivity contribution in [3.8, 4) is 5.88 Å². The number of amides is 2. The molecular formula is C20H26F4N4O3. The Labute approximate surface area is 177 Å². The van der Waals surface area contributed by atoms with Gasteiger partial charge >= 0.3 is 6.18 Å². The second-order valence-electron chi connectivity index (χ2n) is 8.11. The smallest absolute Gasteiger partial charge is 0.405 e. The number of nitrogens with zero attached hydrogens (tertiary/aromatic N) is 2. The highest BCUT2D eigenvalue weighted by atomic mass is 19.4. The van der Waals surface area contributed by atoms with Crippen molar-refractivity contribution in [1.82, 2.24) is 10.3 Å². The first-order valence-corrected chi connectivity index (χ1v) is 10.3. The van der Waals surface area contributed by atoms with Crippen molar-refractivity contribution in [2.45, 2.75) is 44.3 Å². The lowest BCUT2D eigenvalue weighted by atomic mass is 10.1. The van der Waals surface area contributed by atoms with E-state index < -0.39 is 43.8 Å². The van der Waals surface area contributed by atoms with Crippen molar-refractivity contribution < 1.29 is 31.9 Å². The molecule has 11 heteroatoms. The van der Waals surface area contributed by atoms with Crippen LogP contribution in [0.4, 0.5) is 23.2 Å². The third-order valence-electron chi connectivity index (χ3n) is 5.21. The van der Waals surface area contributed by atoms with Gasteiger partial charge in [0.25, 0.3) is 5.91 Å². The molecule has 0 saturated heterocycles. The number of anilines is 1. The first kappa shape index (κ1) is 23.1. The number of ether oxygens (including phenoxy) is 1. The zero-order valence-corrected chi connectivity index (χ0v) is 17.0. The van der Waals surface area contributed by atoms with Crippen molar-refractivity contribution in [3.63, 3.8) is 0 Å². The number of rotatable bonds is 12. The van der Waals surface area contributed by atoms with Crippen LogP contribution in [0.5, 0.6) is 5.88 Å². The number of carbonyl (C=O) groups is 2. The molecule has 0 unspecified atom stereocenters. The summed E-state index contributed by atoms with van der Waals surface area (Å²) in [5.41, 5.74) is 5.20. The van der Waals surface area contributed by atoms with Gasteiger partial charge in [-0.05, 0) is 43.2 Å². The zero-order chi connectivity index (χ0) is 22.6. The molecule has 3 rings (SSSR count). The molecule has 2 aliphatic carbocycles. The summed E-state index contributed by atoms with van der Waals surface area (Å²) in [5, 5.41) is 2.54. The molecule has 2 fully saturated rings. The highest BCUT2D eigenvalue weighted by molar-refractivity contribution is 5.96. The van der Waals surface area contributed by atoms with Crippen molar-refractivity contribution in [2.75, 3.05) is 31.3 Å². The molecule has 2 saturated carbocycles. The number of nitrogens with two attached hydrogens (primary N) is 1. The zero-order valence-electron chi connectivity index (χ0n) is 17.0. The number of aromatic nitrogens is 1. The van der Waals surface area contributed by atoms with Gasteiger partial charge in [0, 0.05) is 6.54 Å². The molecule has 172 valence electrons. The molecule has 1 heterocycles. The highest BCUT2D eigenvalue weighted by Crippen LogP contribution is 2.35. The van der Waals surface area contributed by atoms with Crippen LogP contribution in [0.15, 0.2) is 12.1 Å². The molecule has 1 aromatic rings. The summed E-state index contributed by atoms with van der Waals surface area (Å²) >= 11 is 0. The minimum absolute atomic E-state index is 0.0448. The average Bonchev–Trinajstić information content (AvgIpc) is 3.59. The third kappa shape index (κ3) is 7.25. The molecule has 3 N–H and O–H groups in total. The molecule has 2 aliphatic rings. The third-order valence-corrected chi connectivity index (χ3v) is 5.21. The Balaban J connectivity index is 1.81. The molecule has 0 spiro atoms. The van der Waals surface area contributed by atoms with E-state index in [1.54, 1.807) is 0 Å². The molecular weight excluding hydrogens is 420 g/mol. The summed E-state index contributed by atoms with van der Waals surface area (Å²) in [5.74, 6) is -0.902. The minimum atomic E-state index is -4.56. The van der Waals surface area contributed by atoms with Crippen LogP contribution in [0, 0.1) is 11.8 Å². The van der Waals surface area contributed by atoms with E-state index in [1.165, 1.54) is 12.1 Å². The summed E-state index contributed by atoms with van der Waals surface area (Å²) in [7, 11) is 0. The lowest BCUT2D eigenvalue weighted by molar-refractivity contribution is -0.120. The minimum Gasteiger partial charge on any atom is -0.476 e. The van der Waals surface area contributed by atoms with Gasteiger partial charge in [-0.15, -0.1) is 0 Å². The number of nitrogens with one attached hydrogen (secondary N) is 1. The molecule has 0 aliphatic heterocycles. The van der Waals surface area contributed by atoms with Gasteiger partial charge in [0.2, 0.25) is 11.8 Å². The standard InChI is InChI=1S/C20H26F4N4O3/c21-7-8-28(11-20(22,23)24)16-6-5-14(27-19(16)31-10-13-3-4-13)18(30)26-15(17(25)29)9-12-1-2-12/h5-6,12-13,15H,1-4,7-11H2,(H2,25,29)(H,26,30)/t15-/m0/s1. The normalized spacial score (nSPS) is 17.2. The van der Waals surface area contributed by atoms with Crippen LogP contribution in [0.25, 0.3) is 0 Å². The Kier molecular flexibility index (Phi) is 7.22. The fourth-order valence-corrected chi connectivity index (χ4v) is 3.16. The van der Waals surface area contributed by atoms with Gasteiger partial charge in [-0.1, -0.05) is 12.8 Å². The largest absolute Gasteiger partial charge is 0.476 e. The van der Waals surface area contributed by atoms with Crippen LogP contribution >= 0.6 is 0 Å². The quantitative estimate of drug-likeness (QED) is 0.481. The van der Waals surface area contributed by atoms with Gasteiger partial charge in [0.15, 0.2) is 0 Å². The first-order valence-electron chi connectivity index (χ1n) is 10.3. The van der Waals surface area contributed by atoms with Gasteiger partial charge in [0.05, 0.1) is 6.61 Å². The van der Waals surface area contributed by atoms with Crippen molar-refractivity contribution in [3.05, 3.63) is 17.8 Å². The maximum Gasteiger partial charge on any atom is 0.405 e. The van der Waals surface area contributed by atoms with Gasteiger partial charge < -0.3 is 20.7 Å². The van der Waals surface area contributed by atoms with Gasteiger partial charge in [-0.2, -0.15) is 13.2 Å². The summed E-state index contributed by atoms with van der Waals surface area (Å²) in [6.45, 7) is -2.64. The summed E-state index contributed by atoms with van der Waals surface area (Å²) in [6, 6.07) is 1.63. The second kappa shape index (κ2) is 9.69. The van der Waals surface area contributed by atoms with Gasteiger partial charge in [0.1, 0.15) is 30.6 Å².